The lowest BCUT2D eigenvalue weighted by Crippen LogP contribution is -2.26. The normalized spacial score (nSPS) is 19.9. The van der Waals surface area contributed by atoms with E-state index in [9.17, 15) is 0 Å². The summed E-state index contributed by atoms with van der Waals surface area (Å²) >= 11 is 6.37. The second kappa shape index (κ2) is 5.74. The Balaban J connectivity index is 2.02. The van der Waals surface area contributed by atoms with Gasteiger partial charge >= 0.3 is 0 Å². The number of halogens is 1. The summed E-state index contributed by atoms with van der Waals surface area (Å²) in [5, 5.41) is 4.34. The van der Waals surface area contributed by atoms with Crippen LogP contribution in [0.15, 0.2) is 18.2 Å². The minimum Gasteiger partial charge on any atom is -0.370 e. The average molecular weight is 253 g/mol. The molecular formula is C14H21ClN2. The van der Waals surface area contributed by atoms with E-state index in [1.807, 2.05) is 0 Å². The fourth-order valence-electron chi connectivity index (χ4n) is 2.44. The second-order valence-electron chi connectivity index (χ2n) is 4.82. The van der Waals surface area contributed by atoms with E-state index >= 15 is 0 Å². The molecule has 1 atom stereocenters. The Morgan fingerprint density at radius 2 is 2.29 bits per heavy atom. The summed E-state index contributed by atoms with van der Waals surface area (Å²) in [5.74, 6) is 0.756. The average Bonchev–Trinajstić information content (AvgIpc) is 2.78. The molecule has 3 heteroatoms. The van der Waals surface area contributed by atoms with Crippen LogP contribution in [0, 0.1) is 12.8 Å². The quantitative estimate of drug-likeness (QED) is 0.886. The molecule has 0 saturated carbocycles. The molecule has 1 aliphatic rings. The Hall–Kier alpha value is -0.730. The Kier molecular flexibility index (Phi) is 4.30. The predicted molar refractivity (Wildman–Crippen MR) is 75.1 cm³/mol. The van der Waals surface area contributed by atoms with E-state index in [1.165, 1.54) is 17.7 Å². The summed E-state index contributed by atoms with van der Waals surface area (Å²) in [6, 6.07) is 6.29. The first-order valence-corrected chi connectivity index (χ1v) is 6.81. The largest absolute Gasteiger partial charge is 0.370 e. The van der Waals surface area contributed by atoms with Crippen LogP contribution in [0.2, 0.25) is 5.02 Å². The molecule has 0 radical (unpaired) electrons. The van der Waals surface area contributed by atoms with E-state index in [-0.39, 0.29) is 0 Å². The van der Waals surface area contributed by atoms with Gasteiger partial charge in [0.2, 0.25) is 0 Å². The third-order valence-electron chi connectivity index (χ3n) is 3.48. The lowest BCUT2D eigenvalue weighted by Gasteiger charge is -2.21. The molecule has 0 spiro atoms. The number of benzene rings is 1. The van der Waals surface area contributed by atoms with Crippen molar-refractivity contribution in [2.24, 2.45) is 5.92 Å². The first kappa shape index (κ1) is 12.7. The monoisotopic (exact) mass is 252 g/mol. The minimum atomic E-state index is 0.756. The number of aryl methyl sites for hydroxylation is 1. The molecular weight excluding hydrogens is 232 g/mol. The highest BCUT2D eigenvalue weighted by atomic mass is 35.5. The van der Waals surface area contributed by atoms with Crippen LogP contribution in [-0.2, 0) is 0 Å². The van der Waals surface area contributed by atoms with Crippen LogP contribution >= 0.6 is 11.6 Å². The van der Waals surface area contributed by atoms with Crippen LogP contribution in [-0.4, -0.2) is 26.2 Å². The van der Waals surface area contributed by atoms with Crippen molar-refractivity contribution in [1.29, 1.82) is 0 Å². The zero-order valence-electron chi connectivity index (χ0n) is 10.7. The fraction of sp³-hybridized carbons (Fsp3) is 0.571. The van der Waals surface area contributed by atoms with E-state index < -0.39 is 0 Å². The molecule has 94 valence electrons. The Bertz CT molecular complexity index is 378. The highest BCUT2D eigenvalue weighted by Gasteiger charge is 2.23. The van der Waals surface area contributed by atoms with Crippen molar-refractivity contribution in [3.63, 3.8) is 0 Å². The molecule has 1 aromatic rings. The number of nitrogens with zero attached hydrogens (tertiary/aromatic N) is 1. The van der Waals surface area contributed by atoms with Crippen LogP contribution < -0.4 is 10.2 Å². The Morgan fingerprint density at radius 3 is 3.06 bits per heavy atom. The standard InChI is InChI=1S/C14H21ClN2/c1-3-16-9-12-7-8-17(10-12)13-6-4-5-11(2)14(13)15/h4-6,12,16H,3,7-10H2,1-2H3. The van der Waals surface area contributed by atoms with E-state index in [1.54, 1.807) is 0 Å². The zero-order valence-corrected chi connectivity index (χ0v) is 11.4. The first-order chi connectivity index (χ1) is 8.22. The molecule has 0 bridgehead atoms. The van der Waals surface area contributed by atoms with E-state index in [2.05, 4.69) is 42.3 Å². The highest BCUT2D eigenvalue weighted by Crippen LogP contribution is 2.32. The van der Waals surface area contributed by atoms with Crippen LogP contribution in [0.3, 0.4) is 0 Å². The van der Waals surface area contributed by atoms with E-state index in [0.717, 1.165) is 37.1 Å². The fourth-order valence-corrected chi connectivity index (χ4v) is 2.69. The molecule has 0 aliphatic carbocycles. The van der Waals surface area contributed by atoms with Crippen molar-refractivity contribution < 1.29 is 0 Å². The third-order valence-corrected chi connectivity index (χ3v) is 3.97. The molecule has 17 heavy (non-hydrogen) atoms. The van der Waals surface area contributed by atoms with E-state index in [0.29, 0.717) is 0 Å². The van der Waals surface area contributed by atoms with Crippen molar-refractivity contribution >= 4 is 17.3 Å². The van der Waals surface area contributed by atoms with Crippen LogP contribution in [0.4, 0.5) is 5.69 Å². The number of nitrogens with one attached hydrogen (secondary N) is 1. The number of rotatable bonds is 4. The molecule has 0 amide bonds. The van der Waals surface area contributed by atoms with Crippen molar-refractivity contribution in [3.05, 3.63) is 28.8 Å². The Morgan fingerprint density at radius 1 is 1.47 bits per heavy atom. The molecule has 1 heterocycles. The van der Waals surface area contributed by atoms with Crippen molar-refractivity contribution in [2.45, 2.75) is 20.3 Å². The summed E-state index contributed by atoms with van der Waals surface area (Å²) in [4.78, 5) is 2.41. The third kappa shape index (κ3) is 2.93. The molecule has 1 N–H and O–H groups in total. The first-order valence-electron chi connectivity index (χ1n) is 6.43. The maximum Gasteiger partial charge on any atom is 0.0668 e. The summed E-state index contributed by atoms with van der Waals surface area (Å²) in [7, 11) is 0. The van der Waals surface area contributed by atoms with Gasteiger partial charge in [-0.3, -0.25) is 0 Å². The van der Waals surface area contributed by atoms with Gasteiger partial charge < -0.3 is 10.2 Å². The lowest BCUT2D eigenvalue weighted by atomic mass is 10.1. The van der Waals surface area contributed by atoms with E-state index in [4.69, 9.17) is 11.6 Å². The van der Waals surface area contributed by atoms with Crippen LogP contribution in [0.1, 0.15) is 18.9 Å². The van der Waals surface area contributed by atoms with Crippen LogP contribution in [0.25, 0.3) is 0 Å². The van der Waals surface area contributed by atoms with Gasteiger partial charge in [0.1, 0.15) is 0 Å². The molecule has 0 aromatic heterocycles. The van der Waals surface area contributed by atoms with Crippen LogP contribution in [0.5, 0.6) is 0 Å². The maximum absolute atomic E-state index is 6.37. The number of hydrogen-bond acceptors (Lipinski definition) is 2. The molecule has 2 nitrogen and oxygen atoms in total. The molecule has 1 fully saturated rings. The molecule has 2 rings (SSSR count). The van der Waals surface area contributed by atoms with Crippen molar-refractivity contribution in [3.8, 4) is 0 Å². The second-order valence-corrected chi connectivity index (χ2v) is 5.19. The molecule has 1 aliphatic heterocycles. The van der Waals surface area contributed by atoms with Gasteiger partial charge in [-0.15, -0.1) is 0 Å². The van der Waals surface area contributed by atoms with Gasteiger partial charge in [-0.1, -0.05) is 30.7 Å². The zero-order chi connectivity index (χ0) is 12.3. The highest BCUT2D eigenvalue weighted by molar-refractivity contribution is 6.34. The lowest BCUT2D eigenvalue weighted by molar-refractivity contribution is 0.528. The molecule has 1 aromatic carbocycles. The Labute approximate surface area is 109 Å². The van der Waals surface area contributed by atoms with Gasteiger partial charge in [0.05, 0.1) is 10.7 Å². The molecule has 1 saturated heterocycles. The smallest absolute Gasteiger partial charge is 0.0668 e. The molecule has 1 unspecified atom stereocenters. The SMILES string of the molecule is CCNCC1CCN(c2cccc(C)c2Cl)C1. The number of hydrogen-bond donors (Lipinski definition) is 1. The topological polar surface area (TPSA) is 15.3 Å². The van der Waals surface area contributed by atoms with Gasteiger partial charge in [-0.25, -0.2) is 0 Å². The minimum absolute atomic E-state index is 0.756. The van der Waals surface area contributed by atoms with Gasteiger partial charge in [-0.2, -0.15) is 0 Å². The van der Waals surface area contributed by atoms with Gasteiger partial charge in [-0.05, 0) is 44.0 Å². The van der Waals surface area contributed by atoms with Gasteiger partial charge in [0.15, 0.2) is 0 Å². The van der Waals surface area contributed by atoms with Crippen molar-refractivity contribution in [1.82, 2.24) is 5.32 Å². The summed E-state index contributed by atoms with van der Waals surface area (Å²) in [6.45, 7) is 8.65. The van der Waals surface area contributed by atoms with Gasteiger partial charge in [0, 0.05) is 13.1 Å². The summed E-state index contributed by atoms with van der Waals surface area (Å²) < 4.78 is 0. The summed E-state index contributed by atoms with van der Waals surface area (Å²) in [6.07, 6.45) is 1.26. The summed E-state index contributed by atoms with van der Waals surface area (Å²) in [5.41, 5.74) is 2.37. The predicted octanol–water partition coefficient (Wildman–Crippen LogP) is 3.08. The van der Waals surface area contributed by atoms with Gasteiger partial charge in [0.25, 0.3) is 0 Å². The maximum atomic E-state index is 6.37. The van der Waals surface area contributed by atoms with Crippen molar-refractivity contribution in [2.75, 3.05) is 31.1 Å². The number of anilines is 1.